The van der Waals surface area contributed by atoms with E-state index in [1.54, 1.807) is 12.1 Å². The highest BCUT2D eigenvalue weighted by Gasteiger charge is 2.34. The van der Waals surface area contributed by atoms with Crippen molar-refractivity contribution in [1.82, 2.24) is 15.5 Å². The number of carbonyl (C=O) groups is 2. The van der Waals surface area contributed by atoms with Crippen LogP contribution in [0.1, 0.15) is 55.3 Å². The molecule has 0 spiro atoms. The van der Waals surface area contributed by atoms with Gasteiger partial charge in [-0.2, -0.15) is 0 Å². The number of halogens is 1. The van der Waals surface area contributed by atoms with Gasteiger partial charge in [-0.15, -0.1) is 0 Å². The Kier molecular flexibility index (Phi) is 7.47. The van der Waals surface area contributed by atoms with E-state index in [9.17, 15) is 14.0 Å². The van der Waals surface area contributed by atoms with Crippen molar-refractivity contribution in [3.8, 4) is 0 Å². The largest absolute Gasteiger partial charge is 0.450 e. The zero-order valence-electron chi connectivity index (χ0n) is 19.1. The second-order valence-corrected chi connectivity index (χ2v) is 8.95. The first-order chi connectivity index (χ1) is 16.0. The van der Waals surface area contributed by atoms with Gasteiger partial charge in [0.2, 0.25) is 0 Å². The first-order valence-corrected chi connectivity index (χ1v) is 11.9. The van der Waals surface area contributed by atoms with Crippen LogP contribution in [0.15, 0.2) is 48.5 Å². The molecule has 33 heavy (non-hydrogen) atoms. The second kappa shape index (κ2) is 10.7. The number of hydrogen-bond donors (Lipinski definition) is 2. The summed E-state index contributed by atoms with van der Waals surface area (Å²) < 4.78 is 18.7. The predicted molar refractivity (Wildman–Crippen MR) is 124 cm³/mol. The summed E-state index contributed by atoms with van der Waals surface area (Å²) in [7, 11) is 0. The van der Waals surface area contributed by atoms with Gasteiger partial charge in [0.1, 0.15) is 5.82 Å². The van der Waals surface area contributed by atoms with Crippen LogP contribution >= 0.6 is 0 Å². The van der Waals surface area contributed by atoms with E-state index in [0.717, 1.165) is 43.2 Å². The molecule has 7 heteroatoms. The van der Waals surface area contributed by atoms with Crippen molar-refractivity contribution in [2.24, 2.45) is 5.92 Å². The van der Waals surface area contributed by atoms with Crippen LogP contribution in [0, 0.1) is 11.7 Å². The van der Waals surface area contributed by atoms with Gasteiger partial charge in [0.25, 0.3) is 0 Å². The number of unbranched alkanes of at least 4 members (excludes halogenated alkanes) is 1. The fraction of sp³-hybridized carbons (Fsp3) is 0.462. The zero-order valence-corrected chi connectivity index (χ0v) is 19.1. The van der Waals surface area contributed by atoms with E-state index < -0.39 is 0 Å². The van der Waals surface area contributed by atoms with Crippen LogP contribution in [-0.2, 0) is 11.2 Å². The molecule has 0 saturated heterocycles. The van der Waals surface area contributed by atoms with E-state index in [0.29, 0.717) is 25.6 Å². The fourth-order valence-corrected chi connectivity index (χ4v) is 4.66. The van der Waals surface area contributed by atoms with Crippen LogP contribution in [0.4, 0.5) is 14.0 Å². The lowest BCUT2D eigenvalue weighted by Crippen LogP contribution is -2.51. The van der Waals surface area contributed by atoms with Crippen LogP contribution in [0.25, 0.3) is 0 Å². The average Bonchev–Trinajstić information content (AvgIpc) is 2.80. The Labute approximate surface area is 194 Å². The van der Waals surface area contributed by atoms with Crippen molar-refractivity contribution in [2.45, 2.75) is 51.1 Å². The van der Waals surface area contributed by atoms with Crippen LogP contribution in [-0.4, -0.2) is 42.8 Å². The summed E-state index contributed by atoms with van der Waals surface area (Å²) in [5, 5.41) is 5.97. The van der Waals surface area contributed by atoms with E-state index in [1.165, 1.54) is 17.7 Å². The number of carbonyl (C=O) groups excluding carboxylic acids is 2. The molecule has 2 aliphatic rings. The summed E-state index contributed by atoms with van der Waals surface area (Å²) >= 11 is 0. The van der Waals surface area contributed by atoms with E-state index in [2.05, 4.69) is 23.6 Å². The Hall–Kier alpha value is -3.09. The highest BCUT2D eigenvalue weighted by atomic mass is 19.1. The number of fused-ring (bicyclic) bond motifs is 1. The molecule has 0 aromatic heterocycles. The Balaban J connectivity index is 1.32. The van der Waals surface area contributed by atoms with Gasteiger partial charge in [0.05, 0.1) is 12.6 Å². The zero-order chi connectivity index (χ0) is 23.2. The van der Waals surface area contributed by atoms with Gasteiger partial charge in [0.15, 0.2) is 0 Å². The SMILES string of the molecule is CCCCOC(=O)NC1CC(CNC(=O)N2CCc3ccccc3[C@@H]2c2ccc(F)cc2)C1. The Morgan fingerprint density at radius 2 is 1.88 bits per heavy atom. The van der Waals surface area contributed by atoms with Gasteiger partial charge in [-0.25, -0.2) is 14.0 Å². The van der Waals surface area contributed by atoms with Crippen molar-refractivity contribution in [1.29, 1.82) is 0 Å². The number of rotatable bonds is 7. The lowest BCUT2D eigenvalue weighted by atomic mass is 9.80. The van der Waals surface area contributed by atoms with E-state index in [4.69, 9.17) is 4.74 Å². The molecule has 6 nitrogen and oxygen atoms in total. The van der Waals surface area contributed by atoms with Gasteiger partial charge in [-0.3, -0.25) is 0 Å². The topological polar surface area (TPSA) is 70.7 Å². The van der Waals surface area contributed by atoms with Gasteiger partial charge >= 0.3 is 12.1 Å². The van der Waals surface area contributed by atoms with E-state index >= 15 is 0 Å². The third-order valence-corrected chi connectivity index (χ3v) is 6.56. The third kappa shape index (κ3) is 5.64. The van der Waals surface area contributed by atoms with Gasteiger partial charge in [-0.1, -0.05) is 49.7 Å². The molecule has 2 N–H and O–H groups in total. The molecular weight excluding hydrogens is 421 g/mol. The number of alkyl carbamates (subject to hydrolysis) is 1. The lowest BCUT2D eigenvalue weighted by molar-refractivity contribution is 0.124. The molecule has 2 aromatic carbocycles. The van der Waals surface area contributed by atoms with Gasteiger partial charge in [0, 0.05) is 19.1 Å². The monoisotopic (exact) mass is 453 g/mol. The van der Waals surface area contributed by atoms with Crippen molar-refractivity contribution in [2.75, 3.05) is 19.7 Å². The summed E-state index contributed by atoms with van der Waals surface area (Å²) in [6.45, 7) is 3.67. The molecule has 0 radical (unpaired) electrons. The first kappa shape index (κ1) is 23.1. The molecular formula is C26H32FN3O3. The molecule has 1 atom stereocenters. The summed E-state index contributed by atoms with van der Waals surface area (Å²) in [6.07, 6.45) is 3.94. The summed E-state index contributed by atoms with van der Waals surface area (Å²) in [4.78, 5) is 26.8. The molecule has 0 unspecified atom stereocenters. The Morgan fingerprint density at radius 1 is 1.12 bits per heavy atom. The minimum atomic E-state index is -0.356. The highest BCUT2D eigenvalue weighted by molar-refractivity contribution is 5.76. The normalized spacial score (nSPS) is 21.5. The Bertz CT molecular complexity index is 960. The minimum absolute atomic E-state index is 0.106. The number of urea groups is 1. The van der Waals surface area contributed by atoms with Gasteiger partial charge in [-0.05, 0) is 60.4 Å². The van der Waals surface area contributed by atoms with Crippen molar-refractivity contribution in [3.05, 3.63) is 71.0 Å². The van der Waals surface area contributed by atoms with E-state index in [1.807, 2.05) is 23.1 Å². The first-order valence-electron chi connectivity index (χ1n) is 11.9. The molecule has 1 saturated carbocycles. The molecule has 4 rings (SSSR count). The molecule has 1 aliphatic heterocycles. The molecule has 1 aliphatic carbocycles. The molecule has 2 aromatic rings. The lowest BCUT2D eigenvalue weighted by Gasteiger charge is -2.39. The van der Waals surface area contributed by atoms with Crippen molar-refractivity contribution >= 4 is 12.1 Å². The van der Waals surface area contributed by atoms with Crippen molar-refractivity contribution in [3.63, 3.8) is 0 Å². The Morgan fingerprint density at radius 3 is 2.64 bits per heavy atom. The highest BCUT2D eigenvalue weighted by Crippen LogP contribution is 2.35. The summed E-state index contributed by atoms with van der Waals surface area (Å²) in [5.74, 6) is 0.0393. The maximum Gasteiger partial charge on any atom is 0.407 e. The minimum Gasteiger partial charge on any atom is -0.450 e. The number of benzene rings is 2. The number of nitrogens with one attached hydrogen (secondary N) is 2. The van der Waals surface area contributed by atoms with E-state index in [-0.39, 0.29) is 30.0 Å². The summed E-state index contributed by atoms with van der Waals surface area (Å²) in [6, 6.07) is 14.3. The predicted octanol–water partition coefficient (Wildman–Crippen LogP) is 4.79. The average molecular weight is 454 g/mol. The smallest absolute Gasteiger partial charge is 0.407 e. The quantitative estimate of drug-likeness (QED) is 0.593. The van der Waals surface area contributed by atoms with Crippen LogP contribution in [0.2, 0.25) is 0 Å². The van der Waals surface area contributed by atoms with Crippen LogP contribution < -0.4 is 10.6 Å². The van der Waals surface area contributed by atoms with Crippen LogP contribution in [0.5, 0.6) is 0 Å². The fourth-order valence-electron chi connectivity index (χ4n) is 4.66. The molecule has 3 amide bonds. The molecule has 0 bridgehead atoms. The summed E-state index contributed by atoms with van der Waals surface area (Å²) in [5.41, 5.74) is 3.20. The maximum atomic E-state index is 13.5. The molecule has 176 valence electrons. The number of ether oxygens (including phenoxy) is 1. The standard InChI is InChI=1S/C26H32FN3O3/c1-2-3-14-33-26(32)29-22-15-18(16-22)17-28-25(31)30-13-12-19-6-4-5-7-23(19)24(30)20-8-10-21(27)11-9-20/h4-11,18,22,24H,2-3,12-17H2,1H3,(H,28,31)(H,29,32)/t18?,22?,24-/m0/s1. The van der Waals surface area contributed by atoms with Crippen LogP contribution in [0.3, 0.4) is 0 Å². The molecule has 1 fully saturated rings. The number of amides is 3. The molecule has 1 heterocycles. The second-order valence-electron chi connectivity index (χ2n) is 8.95. The van der Waals surface area contributed by atoms with Crippen molar-refractivity contribution < 1.29 is 18.7 Å². The van der Waals surface area contributed by atoms with Gasteiger partial charge < -0.3 is 20.3 Å². The number of hydrogen-bond acceptors (Lipinski definition) is 3. The maximum absolute atomic E-state index is 13.5. The number of nitrogens with zero attached hydrogens (tertiary/aromatic N) is 1. The third-order valence-electron chi connectivity index (χ3n) is 6.56.